The van der Waals surface area contributed by atoms with Gasteiger partial charge in [-0.1, -0.05) is 37.3 Å². The van der Waals surface area contributed by atoms with E-state index in [0.717, 1.165) is 29.6 Å². The van der Waals surface area contributed by atoms with Gasteiger partial charge >= 0.3 is 0 Å². The zero-order chi connectivity index (χ0) is 19.5. The third-order valence-electron chi connectivity index (χ3n) is 5.94. The standard InChI is InChI=1S/C23H22N2O2S/c1-15-10-12-17(13-11-15)21-16(2)23(25-14-6-5-8-19(21)25)22-18-7-3-4-9-20(18)28(26,27)24-22/h3-9,12,14-15H,10-11,13H2,1-2H3/t15-/m1/s1. The highest BCUT2D eigenvalue weighted by Crippen LogP contribution is 2.39. The van der Waals surface area contributed by atoms with Crippen LogP contribution in [0.15, 0.2) is 64.0 Å². The van der Waals surface area contributed by atoms with E-state index in [1.54, 1.807) is 12.1 Å². The van der Waals surface area contributed by atoms with E-state index < -0.39 is 10.0 Å². The second-order valence-corrected chi connectivity index (χ2v) is 9.40. The Balaban J connectivity index is 1.80. The van der Waals surface area contributed by atoms with Crippen molar-refractivity contribution in [3.05, 3.63) is 77.1 Å². The fraction of sp³-hybridized carbons (Fsp3) is 0.261. The summed E-state index contributed by atoms with van der Waals surface area (Å²) in [6, 6.07) is 13.2. The van der Waals surface area contributed by atoms with Gasteiger partial charge in [0.05, 0.1) is 16.1 Å². The molecule has 4 nitrogen and oxygen atoms in total. The first-order valence-electron chi connectivity index (χ1n) is 9.71. The van der Waals surface area contributed by atoms with Gasteiger partial charge in [-0.25, -0.2) is 0 Å². The molecule has 0 fully saturated rings. The smallest absolute Gasteiger partial charge is 0.283 e. The number of sulfonamides is 1. The van der Waals surface area contributed by atoms with E-state index in [-0.39, 0.29) is 0 Å². The molecule has 5 rings (SSSR count). The van der Waals surface area contributed by atoms with E-state index in [1.807, 2.05) is 30.5 Å². The van der Waals surface area contributed by atoms with Crippen LogP contribution in [0.2, 0.25) is 0 Å². The Labute approximate surface area is 165 Å². The predicted molar refractivity (Wildman–Crippen MR) is 112 cm³/mol. The minimum atomic E-state index is -3.65. The van der Waals surface area contributed by atoms with Gasteiger partial charge in [0.15, 0.2) is 0 Å². The summed E-state index contributed by atoms with van der Waals surface area (Å²) in [4.78, 5) is 0.294. The molecule has 1 atom stereocenters. The lowest BCUT2D eigenvalue weighted by Gasteiger charge is -2.18. The summed E-state index contributed by atoms with van der Waals surface area (Å²) >= 11 is 0. The summed E-state index contributed by atoms with van der Waals surface area (Å²) in [5.41, 5.74) is 6.90. The van der Waals surface area contributed by atoms with Crippen LogP contribution >= 0.6 is 0 Å². The van der Waals surface area contributed by atoms with E-state index >= 15 is 0 Å². The summed E-state index contributed by atoms with van der Waals surface area (Å²) < 4.78 is 31.5. The highest BCUT2D eigenvalue weighted by atomic mass is 32.2. The molecule has 1 aromatic carbocycles. The van der Waals surface area contributed by atoms with Crippen molar-refractivity contribution in [2.75, 3.05) is 0 Å². The van der Waals surface area contributed by atoms with Gasteiger partial charge in [0, 0.05) is 17.3 Å². The third kappa shape index (κ3) is 2.49. The maximum atomic E-state index is 12.6. The first-order valence-corrected chi connectivity index (χ1v) is 11.1. The highest BCUT2D eigenvalue weighted by Gasteiger charge is 2.33. The van der Waals surface area contributed by atoms with E-state index in [2.05, 4.69) is 34.8 Å². The molecule has 142 valence electrons. The number of pyridine rings is 1. The van der Waals surface area contributed by atoms with Crippen LogP contribution in [0, 0.1) is 12.8 Å². The number of aromatic nitrogens is 1. The highest BCUT2D eigenvalue weighted by molar-refractivity contribution is 7.90. The number of hydrogen-bond donors (Lipinski definition) is 0. The molecule has 5 heteroatoms. The Morgan fingerprint density at radius 2 is 1.89 bits per heavy atom. The van der Waals surface area contributed by atoms with Crippen molar-refractivity contribution in [1.82, 2.24) is 4.40 Å². The lowest BCUT2D eigenvalue weighted by Crippen LogP contribution is -2.06. The normalized spacial score (nSPS) is 20.7. The molecule has 28 heavy (non-hydrogen) atoms. The predicted octanol–water partition coefficient (Wildman–Crippen LogP) is 4.99. The molecule has 1 aliphatic carbocycles. The lowest BCUT2D eigenvalue weighted by molar-refractivity contribution is 0.534. The van der Waals surface area contributed by atoms with Crippen LogP contribution in [0.1, 0.15) is 48.6 Å². The van der Waals surface area contributed by atoms with E-state index in [1.165, 1.54) is 17.6 Å². The molecule has 0 radical (unpaired) electrons. The van der Waals surface area contributed by atoms with Crippen LogP contribution in [-0.2, 0) is 10.0 Å². The van der Waals surface area contributed by atoms with E-state index in [0.29, 0.717) is 22.1 Å². The summed E-state index contributed by atoms with van der Waals surface area (Å²) in [5.74, 6) is 0.716. The summed E-state index contributed by atoms with van der Waals surface area (Å²) in [6.45, 7) is 4.38. The van der Waals surface area contributed by atoms with Crippen LogP contribution in [0.25, 0.3) is 11.1 Å². The largest absolute Gasteiger partial charge is 0.314 e. The van der Waals surface area contributed by atoms with Crippen molar-refractivity contribution in [3.8, 4) is 0 Å². The van der Waals surface area contributed by atoms with Crippen LogP contribution in [-0.4, -0.2) is 18.5 Å². The van der Waals surface area contributed by atoms with Crippen molar-refractivity contribution in [3.63, 3.8) is 0 Å². The van der Waals surface area contributed by atoms with Gasteiger partial charge in [0.1, 0.15) is 5.71 Å². The Hall–Kier alpha value is -2.66. The zero-order valence-corrected chi connectivity index (χ0v) is 16.8. The Bertz CT molecular complexity index is 1280. The van der Waals surface area contributed by atoms with Crippen LogP contribution < -0.4 is 0 Å². The van der Waals surface area contributed by atoms with Gasteiger partial charge < -0.3 is 4.40 Å². The van der Waals surface area contributed by atoms with Crippen LogP contribution in [0.4, 0.5) is 0 Å². The first kappa shape index (κ1) is 17.4. The van der Waals surface area contributed by atoms with Crippen molar-refractivity contribution in [1.29, 1.82) is 0 Å². The number of hydrogen-bond acceptors (Lipinski definition) is 2. The molecule has 0 N–H and O–H groups in total. The number of nitrogens with zero attached hydrogens (tertiary/aromatic N) is 2. The molecule has 2 aliphatic rings. The molecule has 0 amide bonds. The van der Waals surface area contributed by atoms with Gasteiger partial charge in [-0.05, 0) is 61.4 Å². The molecule has 0 saturated carbocycles. The van der Waals surface area contributed by atoms with Crippen molar-refractivity contribution >= 4 is 26.8 Å². The second kappa shape index (κ2) is 6.17. The minimum Gasteiger partial charge on any atom is -0.314 e. The van der Waals surface area contributed by atoms with E-state index in [4.69, 9.17) is 0 Å². The monoisotopic (exact) mass is 390 g/mol. The van der Waals surface area contributed by atoms with Gasteiger partial charge in [0.25, 0.3) is 10.0 Å². The second-order valence-electron chi connectivity index (χ2n) is 7.82. The molecule has 2 aromatic heterocycles. The lowest BCUT2D eigenvalue weighted by atomic mass is 9.86. The Morgan fingerprint density at radius 3 is 2.68 bits per heavy atom. The zero-order valence-electron chi connectivity index (χ0n) is 16.0. The van der Waals surface area contributed by atoms with Crippen molar-refractivity contribution < 1.29 is 8.42 Å². The molecule has 1 aliphatic heterocycles. The van der Waals surface area contributed by atoms with Gasteiger partial charge in [-0.2, -0.15) is 12.8 Å². The van der Waals surface area contributed by atoms with Gasteiger partial charge in [-0.3, -0.25) is 0 Å². The fourth-order valence-electron chi connectivity index (χ4n) is 4.50. The molecule has 0 saturated heterocycles. The average molecular weight is 391 g/mol. The van der Waals surface area contributed by atoms with Crippen LogP contribution in [0.5, 0.6) is 0 Å². The first-order chi connectivity index (χ1) is 13.5. The quantitative estimate of drug-likeness (QED) is 0.619. The summed E-state index contributed by atoms with van der Waals surface area (Å²) in [6.07, 6.45) is 7.68. The maximum absolute atomic E-state index is 12.6. The molecule has 0 unspecified atom stereocenters. The molecule has 3 heterocycles. The average Bonchev–Trinajstić information content (AvgIpc) is 3.13. The topological polar surface area (TPSA) is 50.9 Å². The summed E-state index contributed by atoms with van der Waals surface area (Å²) in [7, 11) is -3.65. The minimum absolute atomic E-state index is 0.294. The summed E-state index contributed by atoms with van der Waals surface area (Å²) in [5, 5.41) is 0. The molecular weight excluding hydrogens is 368 g/mol. The third-order valence-corrected chi connectivity index (χ3v) is 7.27. The molecule has 0 bridgehead atoms. The molecular formula is C23H22N2O2S. The molecule has 3 aromatic rings. The SMILES string of the molecule is Cc1c(C2=CC[C@@H](C)CC2)c2ccccn2c1C1=NS(=O)(=O)c2ccccc21. The maximum Gasteiger partial charge on any atom is 0.283 e. The van der Waals surface area contributed by atoms with Crippen molar-refractivity contribution in [2.24, 2.45) is 10.3 Å². The number of fused-ring (bicyclic) bond motifs is 2. The molecule has 0 spiro atoms. The van der Waals surface area contributed by atoms with Gasteiger partial charge in [0.2, 0.25) is 0 Å². The number of rotatable bonds is 2. The van der Waals surface area contributed by atoms with Crippen molar-refractivity contribution in [2.45, 2.75) is 38.0 Å². The Kier molecular flexibility index (Phi) is 3.85. The number of benzene rings is 1. The fourth-order valence-corrected chi connectivity index (χ4v) is 5.72. The Morgan fingerprint density at radius 1 is 1.11 bits per heavy atom. The van der Waals surface area contributed by atoms with Gasteiger partial charge in [-0.15, -0.1) is 0 Å². The van der Waals surface area contributed by atoms with Crippen LogP contribution in [0.3, 0.4) is 0 Å². The number of allylic oxidation sites excluding steroid dienone is 2. The van der Waals surface area contributed by atoms with E-state index in [9.17, 15) is 8.42 Å².